The molecule has 10 spiro atoms. The van der Waals surface area contributed by atoms with Crippen molar-refractivity contribution in [2.24, 2.45) is 93.4 Å². The van der Waals surface area contributed by atoms with E-state index in [9.17, 15) is 0 Å². The summed E-state index contributed by atoms with van der Waals surface area (Å²) in [6.45, 7) is 5.85. The first-order chi connectivity index (χ1) is 21.9. The van der Waals surface area contributed by atoms with Gasteiger partial charge in [-0.2, -0.15) is 25.3 Å². The third-order valence-electron chi connectivity index (χ3n) is 23.8. The molecule has 0 aromatic rings. The van der Waals surface area contributed by atoms with Crippen molar-refractivity contribution in [1.82, 2.24) is 0 Å². The van der Waals surface area contributed by atoms with E-state index in [-0.39, 0.29) is 0 Å². The van der Waals surface area contributed by atoms with Crippen LogP contribution in [0.25, 0.3) is 0 Å². The van der Waals surface area contributed by atoms with Crippen molar-refractivity contribution >= 4 is 33.1 Å². The second kappa shape index (κ2) is 4.52. The molecule has 18 unspecified atom stereocenters. The number of hydrogen-bond donors (Lipinski definition) is 3. The van der Waals surface area contributed by atoms with Gasteiger partial charge in [-0.05, 0) is 110 Å². The highest BCUT2D eigenvalue weighted by molar-refractivity contribution is 7.81. The Balaban J connectivity index is 0.736. The SMILES string of the molecule is [B]CC1CC2=C1C(S)/C(=C1/C(C)C34CC13C13C45C14C51C56C78CC9%10CC9(/C%10=C(\CN)CCC9=C(C(S)CC)CC9)C79C85C96C341)CC2. The summed E-state index contributed by atoms with van der Waals surface area (Å²) >= 11 is 10.3. The quantitative estimate of drug-likeness (QED) is 0.161. The molecule has 18 atom stereocenters. The lowest BCUT2D eigenvalue weighted by molar-refractivity contribution is -0.391. The maximum Gasteiger partial charge on any atom is 0.0661 e. The van der Waals surface area contributed by atoms with E-state index >= 15 is 0 Å². The first-order valence-electron chi connectivity index (χ1n) is 19.5. The predicted molar refractivity (Wildman–Crippen MR) is 176 cm³/mol. The minimum absolute atomic E-state index is 0.417. The van der Waals surface area contributed by atoms with Crippen LogP contribution in [0.3, 0.4) is 0 Å². The number of rotatable bonds is 7. The molecule has 0 aliphatic heterocycles. The highest BCUT2D eigenvalue weighted by Gasteiger charge is 3.82. The molecule has 0 bridgehead atoms. The van der Waals surface area contributed by atoms with Crippen LogP contribution in [0.1, 0.15) is 84.5 Å². The molecule has 0 heterocycles. The summed E-state index contributed by atoms with van der Waals surface area (Å²) < 4.78 is 0. The lowest BCUT2D eigenvalue weighted by atomic mass is 9.16. The van der Waals surface area contributed by atoms with Crippen LogP contribution in [0.2, 0.25) is 6.32 Å². The van der Waals surface area contributed by atoms with Gasteiger partial charge in [-0.25, -0.2) is 0 Å². The maximum atomic E-state index is 6.65. The van der Waals surface area contributed by atoms with Crippen LogP contribution in [0.5, 0.6) is 0 Å². The second-order valence-corrected chi connectivity index (χ2v) is 22.2. The fraction of sp³-hybridized carbons (Fsp3) is 0.805. The molecule has 0 amide bonds. The van der Waals surface area contributed by atoms with Crippen LogP contribution in [0.15, 0.2) is 44.6 Å². The van der Waals surface area contributed by atoms with Crippen molar-refractivity contribution in [2.75, 3.05) is 6.54 Å². The fourth-order valence-electron chi connectivity index (χ4n) is 25.5. The zero-order chi connectivity index (χ0) is 29.1. The Kier molecular flexibility index (Phi) is 2.25. The first-order valence-corrected chi connectivity index (χ1v) is 20.6. The minimum atomic E-state index is 0.417. The van der Waals surface area contributed by atoms with Crippen molar-refractivity contribution in [1.29, 1.82) is 0 Å². The number of hydrogen-bond acceptors (Lipinski definition) is 3. The van der Waals surface area contributed by atoms with E-state index in [1.807, 2.05) is 16.7 Å². The van der Waals surface area contributed by atoms with Gasteiger partial charge in [-0.3, -0.25) is 0 Å². The Labute approximate surface area is 277 Å². The van der Waals surface area contributed by atoms with Crippen molar-refractivity contribution in [3.05, 3.63) is 44.6 Å². The Morgan fingerprint density at radius 3 is 2.47 bits per heavy atom. The van der Waals surface area contributed by atoms with Crippen molar-refractivity contribution < 1.29 is 0 Å². The molecule has 4 heteroatoms. The van der Waals surface area contributed by atoms with E-state index in [1.165, 1.54) is 51.4 Å². The molecule has 224 valence electrons. The summed E-state index contributed by atoms with van der Waals surface area (Å²) in [6, 6.07) is 0. The van der Waals surface area contributed by atoms with E-state index in [4.69, 9.17) is 38.8 Å². The lowest BCUT2D eigenvalue weighted by Crippen LogP contribution is -2.84. The van der Waals surface area contributed by atoms with Gasteiger partial charge >= 0.3 is 0 Å². The Morgan fingerprint density at radius 1 is 0.933 bits per heavy atom. The molecule has 45 heavy (non-hydrogen) atoms. The van der Waals surface area contributed by atoms with E-state index in [0.29, 0.717) is 32.7 Å². The Bertz CT molecular complexity index is 2210. The third kappa shape index (κ3) is 0.917. The van der Waals surface area contributed by atoms with Gasteiger partial charge in [0.25, 0.3) is 0 Å². The van der Waals surface area contributed by atoms with Crippen LogP contribution in [-0.4, -0.2) is 24.9 Å². The minimum Gasteiger partial charge on any atom is -0.327 e. The van der Waals surface area contributed by atoms with Crippen molar-refractivity contribution in [2.45, 2.75) is 101 Å². The topological polar surface area (TPSA) is 26.0 Å². The summed E-state index contributed by atoms with van der Waals surface area (Å²) in [5.41, 5.74) is 33.3. The van der Waals surface area contributed by atoms with Gasteiger partial charge in [0.05, 0.1) is 7.85 Å². The Morgan fingerprint density at radius 2 is 1.71 bits per heavy atom. The lowest BCUT2D eigenvalue weighted by Gasteiger charge is -2.85. The van der Waals surface area contributed by atoms with Crippen LogP contribution in [0.4, 0.5) is 0 Å². The molecule has 2 radical (unpaired) electrons. The standard InChI is InChI=1S/C41H40BNS2/c1-3-23(44)21-8-6-17(21)4-5-19(12-43)27-28-13-31(27,28)33-32(14-28)36(33)37(32)38(33,36)41-35-30-15-29(30,34(35)39(35,41)40(34,37)41)16(2)25(30)22-9-7-18-10-20(11-42)24(18)26(22)45/h16,20,23,26,44-45H,3-15,43H2,1-2H3/b25-22-,27-19-. The average Bonchev–Trinajstić information content (AvgIpc) is 3.68. The van der Waals surface area contributed by atoms with E-state index < -0.39 is 0 Å². The summed E-state index contributed by atoms with van der Waals surface area (Å²) in [4.78, 5) is 0. The molecule has 18 aliphatic carbocycles. The molecule has 0 aromatic carbocycles. The summed E-state index contributed by atoms with van der Waals surface area (Å²) in [7, 11) is 6.24. The molecule has 2 N–H and O–H groups in total. The molecular weight excluding hydrogens is 581 g/mol. The highest BCUT2D eigenvalue weighted by Crippen LogP contribution is 3.82. The molecule has 1 nitrogen and oxygen atoms in total. The second-order valence-electron chi connectivity index (χ2n) is 21.0. The highest BCUT2D eigenvalue weighted by atomic mass is 32.1. The van der Waals surface area contributed by atoms with Gasteiger partial charge in [0.2, 0.25) is 0 Å². The van der Waals surface area contributed by atoms with Crippen LogP contribution in [0, 0.1) is 87.6 Å². The third-order valence-corrected chi connectivity index (χ3v) is 25.1. The molecule has 18 rings (SSSR count). The monoisotopic (exact) mass is 621 g/mol. The fourth-order valence-corrected chi connectivity index (χ4v) is 26.5. The summed E-state index contributed by atoms with van der Waals surface area (Å²) in [6.07, 6.45) is 16.0. The van der Waals surface area contributed by atoms with Crippen molar-refractivity contribution in [3.8, 4) is 0 Å². The van der Waals surface area contributed by atoms with Gasteiger partial charge in [-0.1, -0.05) is 64.8 Å². The molecule has 15 fully saturated rings. The summed E-state index contributed by atoms with van der Waals surface area (Å²) in [5, 5.41) is 0.918. The van der Waals surface area contributed by atoms with Gasteiger partial charge in [0.15, 0.2) is 0 Å². The van der Waals surface area contributed by atoms with Crippen LogP contribution < -0.4 is 5.73 Å². The van der Waals surface area contributed by atoms with Crippen LogP contribution in [-0.2, 0) is 0 Å². The average molecular weight is 622 g/mol. The molecular formula is C41H40BNS2. The Hall–Kier alpha value is -0.315. The van der Waals surface area contributed by atoms with E-state index in [2.05, 4.69) is 13.8 Å². The molecule has 0 aromatic heterocycles. The molecule has 0 saturated heterocycles. The zero-order valence-electron chi connectivity index (χ0n) is 26.6. The van der Waals surface area contributed by atoms with E-state index in [0.717, 1.165) is 78.3 Å². The first kappa shape index (κ1) is 22.4. The van der Waals surface area contributed by atoms with Crippen molar-refractivity contribution in [3.63, 3.8) is 0 Å². The largest absolute Gasteiger partial charge is 0.327 e. The normalized spacial score (nSPS) is 82.9. The maximum absolute atomic E-state index is 6.65. The number of thiol groups is 2. The zero-order valence-corrected chi connectivity index (χ0v) is 28.3. The number of allylic oxidation sites excluding steroid dienone is 4. The van der Waals surface area contributed by atoms with E-state index in [1.54, 1.807) is 47.1 Å². The summed E-state index contributed by atoms with van der Waals surface area (Å²) in [5.74, 6) is 1.52. The smallest absolute Gasteiger partial charge is 0.0661 e. The molecule has 18 aliphatic rings. The predicted octanol–water partition coefficient (Wildman–Crippen LogP) is 6.93. The number of nitrogens with two attached hydrogens (primary N) is 1. The van der Waals surface area contributed by atoms with Crippen LogP contribution >= 0.6 is 25.3 Å². The van der Waals surface area contributed by atoms with Gasteiger partial charge in [-0.15, -0.1) is 0 Å². The van der Waals surface area contributed by atoms with Gasteiger partial charge in [0, 0.05) is 65.8 Å². The molecule has 15 saturated carbocycles. The van der Waals surface area contributed by atoms with Gasteiger partial charge < -0.3 is 5.73 Å². The van der Waals surface area contributed by atoms with Gasteiger partial charge in [0.1, 0.15) is 0 Å².